The minimum absolute atomic E-state index is 0.0841. The average molecular weight is 456 g/mol. The molecular weight excluding hydrogens is 434 g/mol. The summed E-state index contributed by atoms with van der Waals surface area (Å²) in [7, 11) is 1.58. The van der Waals surface area contributed by atoms with Gasteiger partial charge in [0, 0.05) is 19.2 Å². The third kappa shape index (κ3) is 5.96. The zero-order valence-electron chi connectivity index (χ0n) is 17.0. The summed E-state index contributed by atoms with van der Waals surface area (Å²) >= 11 is 7.32. The minimum atomic E-state index is -0.324. The summed E-state index contributed by atoms with van der Waals surface area (Å²) in [5, 5.41) is 12.3. The van der Waals surface area contributed by atoms with Crippen molar-refractivity contribution in [1.82, 2.24) is 19.7 Å². The molecule has 0 saturated carbocycles. The van der Waals surface area contributed by atoms with Gasteiger partial charge < -0.3 is 10.2 Å². The molecule has 2 amide bonds. The van der Waals surface area contributed by atoms with Crippen LogP contribution in [0.15, 0.2) is 72.4 Å². The lowest BCUT2D eigenvalue weighted by atomic mass is 10.2. The molecule has 160 valence electrons. The molecule has 0 bridgehead atoms. The lowest BCUT2D eigenvalue weighted by Gasteiger charge is -2.17. The van der Waals surface area contributed by atoms with Crippen molar-refractivity contribution in [3.63, 3.8) is 0 Å². The molecule has 0 atom stereocenters. The van der Waals surface area contributed by atoms with E-state index in [9.17, 15) is 9.59 Å². The molecule has 0 radical (unpaired) electrons. The maximum Gasteiger partial charge on any atom is 0.244 e. The van der Waals surface area contributed by atoms with Gasteiger partial charge in [0.25, 0.3) is 0 Å². The van der Waals surface area contributed by atoms with Crippen LogP contribution in [-0.2, 0) is 16.1 Å². The van der Waals surface area contributed by atoms with Crippen molar-refractivity contribution in [3.8, 4) is 11.4 Å². The molecule has 3 aromatic rings. The van der Waals surface area contributed by atoms with Gasteiger partial charge in [-0.25, -0.2) is 0 Å². The first-order chi connectivity index (χ1) is 15.0. The summed E-state index contributed by atoms with van der Waals surface area (Å²) in [5.41, 5.74) is 1.44. The second kappa shape index (κ2) is 10.8. The highest BCUT2D eigenvalue weighted by Gasteiger charge is 2.18. The van der Waals surface area contributed by atoms with Crippen molar-refractivity contribution in [2.45, 2.75) is 11.7 Å². The van der Waals surface area contributed by atoms with Crippen molar-refractivity contribution >= 4 is 40.9 Å². The van der Waals surface area contributed by atoms with Gasteiger partial charge in [0.15, 0.2) is 11.0 Å². The number of nitrogens with zero attached hydrogens (tertiary/aromatic N) is 4. The quantitative estimate of drug-likeness (QED) is 0.390. The first-order valence-corrected chi connectivity index (χ1v) is 10.9. The fraction of sp³-hybridized carbons (Fsp3) is 0.182. The highest BCUT2D eigenvalue weighted by atomic mass is 35.5. The number of benzene rings is 2. The number of carbonyl (C=O) groups is 2. The molecule has 0 aliphatic rings. The Balaban J connectivity index is 1.60. The summed E-state index contributed by atoms with van der Waals surface area (Å²) in [4.78, 5) is 26.2. The van der Waals surface area contributed by atoms with Crippen LogP contribution in [0, 0.1) is 0 Å². The van der Waals surface area contributed by atoms with E-state index in [4.69, 9.17) is 11.6 Å². The van der Waals surface area contributed by atoms with Crippen LogP contribution in [0.4, 0.5) is 5.69 Å². The molecule has 3 rings (SSSR count). The fourth-order valence-electron chi connectivity index (χ4n) is 2.78. The fourth-order valence-corrected chi connectivity index (χ4v) is 3.85. The predicted molar refractivity (Wildman–Crippen MR) is 124 cm³/mol. The van der Waals surface area contributed by atoms with Gasteiger partial charge in [-0.1, -0.05) is 71.9 Å². The van der Waals surface area contributed by atoms with E-state index in [0.29, 0.717) is 28.2 Å². The second-order valence-corrected chi connectivity index (χ2v) is 7.99. The van der Waals surface area contributed by atoms with Crippen LogP contribution in [0.2, 0.25) is 5.02 Å². The second-order valence-electron chi connectivity index (χ2n) is 6.64. The maximum atomic E-state index is 12.5. The molecule has 2 aromatic carbocycles. The standard InChI is InChI=1S/C22H22ClN5O2S/c1-3-13-28-21(16-9-5-4-6-10-16)25-26-22(28)31-15-20(30)27(2)14-19(29)24-18-12-8-7-11-17(18)23/h3-12H,1,13-15H2,2H3,(H,24,29). The average Bonchev–Trinajstić information content (AvgIpc) is 3.17. The van der Waals surface area contributed by atoms with Crippen LogP contribution in [0.5, 0.6) is 0 Å². The number of anilines is 1. The molecule has 31 heavy (non-hydrogen) atoms. The number of amides is 2. The summed E-state index contributed by atoms with van der Waals surface area (Å²) in [5.74, 6) is 0.312. The Morgan fingerprint density at radius 2 is 1.87 bits per heavy atom. The van der Waals surface area contributed by atoms with Gasteiger partial charge in [0.1, 0.15) is 0 Å². The van der Waals surface area contributed by atoms with Crippen molar-refractivity contribution in [2.24, 2.45) is 0 Å². The SMILES string of the molecule is C=CCn1c(SCC(=O)N(C)CC(=O)Nc2ccccc2Cl)nnc1-c1ccccc1. The number of allylic oxidation sites excluding steroid dienone is 1. The molecule has 0 aliphatic carbocycles. The maximum absolute atomic E-state index is 12.5. The Morgan fingerprint density at radius 3 is 2.58 bits per heavy atom. The molecule has 0 spiro atoms. The summed E-state index contributed by atoms with van der Waals surface area (Å²) in [6.45, 7) is 4.23. The number of aromatic nitrogens is 3. The molecule has 1 N–H and O–H groups in total. The van der Waals surface area contributed by atoms with Crippen molar-refractivity contribution in [2.75, 3.05) is 24.7 Å². The number of rotatable bonds is 9. The molecule has 0 fully saturated rings. The molecule has 0 saturated heterocycles. The molecule has 0 unspecified atom stereocenters. The lowest BCUT2D eigenvalue weighted by molar-refractivity contribution is -0.131. The van der Waals surface area contributed by atoms with E-state index < -0.39 is 0 Å². The largest absolute Gasteiger partial charge is 0.336 e. The van der Waals surface area contributed by atoms with E-state index in [-0.39, 0.29) is 24.1 Å². The highest BCUT2D eigenvalue weighted by molar-refractivity contribution is 7.99. The van der Waals surface area contributed by atoms with Crippen LogP contribution in [-0.4, -0.2) is 50.8 Å². The zero-order valence-corrected chi connectivity index (χ0v) is 18.6. The molecular formula is C22H22ClN5O2S. The number of nitrogens with one attached hydrogen (secondary N) is 1. The first kappa shape index (κ1) is 22.6. The zero-order chi connectivity index (χ0) is 22.2. The Morgan fingerprint density at radius 1 is 1.16 bits per heavy atom. The predicted octanol–water partition coefficient (Wildman–Crippen LogP) is 3.97. The Kier molecular flexibility index (Phi) is 7.86. The number of carbonyl (C=O) groups excluding carboxylic acids is 2. The number of hydrogen-bond acceptors (Lipinski definition) is 5. The van der Waals surface area contributed by atoms with Crippen LogP contribution in [0.3, 0.4) is 0 Å². The van der Waals surface area contributed by atoms with Crippen LogP contribution in [0.25, 0.3) is 11.4 Å². The van der Waals surface area contributed by atoms with Gasteiger partial charge in [-0.3, -0.25) is 14.2 Å². The first-order valence-electron chi connectivity index (χ1n) is 9.50. The Hall–Kier alpha value is -3.10. The third-order valence-corrected chi connectivity index (χ3v) is 5.62. The van der Waals surface area contributed by atoms with Gasteiger partial charge in [-0.15, -0.1) is 16.8 Å². The van der Waals surface area contributed by atoms with Crippen molar-refractivity contribution in [3.05, 3.63) is 72.3 Å². The van der Waals surface area contributed by atoms with Crippen LogP contribution < -0.4 is 5.32 Å². The van der Waals surface area contributed by atoms with Gasteiger partial charge in [0.2, 0.25) is 11.8 Å². The van der Waals surface area contributed by atoms with Crippen LogP contribution >= 0.6 is 23.4 Å². The van der Waals surface area contributed by atoms with Crippen molar-refractivity contribution < 1.29 is 9.59 Å². The number of likely N-dealkylation sites (N-methyl/N-ethyl adjacent to an activating group) is 1. The topological polar surface area (TPSA) is 80.1 Å². The summed E-state index contributed by atoms with van der Waals surface area (Å²) in [6, 6.07) is 16.6. The minimum Gasteiger partial charge on any atom is -0.336 e. The Labute approximate surface area is 190 Å². The summed E-state index contributed by atoms with van der Waals surface area (Å²) in [6.07, 6.45) is 1.76. The van der Waals surface area contributed by atoms with E-state index in [2.05, 4.69) is 22.1 Å². The van der Waals surface area contributed by atoms with E-state index in [1.807, 2.05) is 34.9 Å². The van der Waals surface area contributed by atoms with Gasteiger partial charge >= 0.3 is 0 Å². The number of thioether (sulfide) groups is 1. The van der Waals surface area contributed by atoms with E-state index in [1.165, 1.54) is 16.7 Å². The monoisotopic (exact) mass is 455 g/mol. The van der Waals surface area contributed by atoms with Gasteiger partial charge in [0.05, 0.1) is 23.0 Å². The lowest BCUT2D eigenvalue weighted by Crippen LogP contribution is -2.36. The van der Waals surface area contributed by atoms with E-state index in [0.717, 1.165) is 5.56 Å². The van der Waals surface area contributed by atoms with Gasteiger partial charge in [-0.05, 0) is 12.1 Å². The Bertz CT molecular complexity index is 1070. The van der Waals surface area contributed by atoms with Gasteiger partial charge in [-0.2, -0.15) is 0 Å². The molecule has 7 nitrogen and oxygen atoms in total. The summed E-state index contributed by atoms with van der Waals surface area (Å²) < 4.78 is 1.91. The number of para-hydroxylation sites is 1. The molecule has 0 aliphatic heterocycles. The molecule has 1 aromatic heterocycles. The van der Waals surface area contributed by atoms with Crippen molar-refractivity contribution in [1.29, 1.82) is 0 Å². The molecule has 1 heterocycles. The van der Waals surface area contributed by atoms with E-state index in [1.54, 1.807) is 37.4 Å². The third-order valence-electron chi connectivity index (χ3n) is 4.34. The molecule has 9 heteroatoms. The van der Waals surface area contributed by atoms with E-state index >= 15 is 0 Å². The highest BCUT2D eigenvalue weighted by Crippen LogP contribution is 2.24. The number of hydrogen-bond donors (Lipinski definition) is 1. The smallest absolute Gasteiger partial charge is 0.244 e. The number of halogens is 1. The van der Waals surface area contributed by atoms with Crippen LogP contribution in [0.1, 0.15) is 0 Å². The normalized spacial score (nSPS) is 10.5.